The van der Waals surface area contributed by atoms with Gasteiger partial charge in [-0.1, -0.05) is 13.3 Å². The van der Waals surface area contributed by atoms with E-state index in [4.69, 9.17) is 18.0 Å². The molecule has 20 heavy (non-hydrogen) atoms. The molecule has 0 rings (SSSR count). The van der Waals surface area contributed by atoms with Gasteiger partial charge in [0.05, 0.1) is 6.61 Å². The summed E-state index contributed by atoms with van der Waals surface area (Å²) in [5.74, 6) is 0. The van der Waals surface area contributed by atoms with Crippen LogP contribution in [0.5, 0.6) is 0 Å². The lowest BCUT2D eigenvalue weighted by Gasteiger charge is -2.35. The second kappa shape index (κ2) is 11.1. The molecule has 0 saturated carbocycles. The van der Waals surface area contributed by atoms with Crippen molar-refractivity contribution in [2.24, 2.45) is 0 Å². The average Bonchev–Trinajstić information content (AvgIpc) is 2.39. The lowest BCUT2D eigenvalue weighted by atomic mass is 10.3. The fourth-order valence-electron chi connectivity index (χ4n) is 1.97. The molecule has 0 saturated heterocycles. The minimum atomic E-state index is -2.95. The van der Waals surface area contributed by atoms with E-state index in [2.05, 4.69) is 5.32 Å². The molecule has 1 amide bonds. The van der Waals surface area contributed by atoms with Crippen LogP contribution in [-0.4, -0.2) is 47.0 Å². The average molecular weight is 307 g/mol. The Balaban J connectivity index is 5.09. The molecule has 0 aliphatic rings. The molecule has 0 bridgehead atoms. The monoisotopic (exact) mass is 307 g/mol. The van der Waals surface area contributed by atoms with E-state index in [-0.39, 0.29) is 5.67 Å². The van der Waals surface area contributed by atoms with Gasteiger partial charge in [-0.3, -0.25) is 0 Å². The van der Waals surface area contributed by atoms with Crippen molar-refractivity contribution in [2.45, 2.75) is 53.1 Å². The maximum atomic E-state index is 11.7. The number of rotatable bonds is 11. The van der Waals surface area contributed by atoms with Crippen LogP contribution in [0.4, 0.5) is 4.79 Å². The largest absolute Gasteiger partial charge is 0.524 e. The van der Waals surface area contributed by atoms with E-state index in [1.54, 1.807) is 6.92 Å². The van der Waals surface area contributed by atoms with Gasteiger partial charge in [-0.05, 0) is 34.1 Å². The first-order valence-corrected chi connectivity index (χ1v) is 9.25. The summed E-state index contributed by atoms with van der Waals surface area (Å²) < 4.78 is 22.4. The van der Waals surface area contributed by atoms with Crippen LogP contribution in [0.3, 0.4) is 0 Å². The van der Waals surface area contributed by atoms with E-state index < -0.39 is 14.9 Å². The summed E-state index contributed by atoms with van der Waals surface area (Å²) in [5.41, 5.74) is -0.286. The lowest BCUT2D eigenvalue weighted by molar-refractivity contribution is 0.0549. The third-order valence-electron chi connectivity index (χ3n) is 2.61. The number of hydrogen-bond acceptors (Lipinski definition) is 5. The zero-order chi connectivity index (χ0) is 15.4. The molecule has 120 valence electrons. The number of ether oxygens (including phenoxy) is 1. The van der Waals surface area contributed by atoms with Crippen LogP contribution in [0.2, 0.25) is 0 Å². The molecular formula is C13H29NO5Si. The Morgan fingerprint density at radius 3 is 1.80 bits per heavy atom. The molecule has 1 N–H and O–H groups in total. The van der Waals surface area contributed by atoms with Gasteiger partial charge in [0.25, 0.3) is 0 Å². The van der Waals surface area contributed by atoms with Crippen molar-refractivity contribution < 1.29 is 22.8 Å². The standard InChI is InChI=1S/C13H29NO5Si/c1-6-11-12(14-13(15)16-7-2)20(17-8-3,18-9-4)19-10-5/h12H,6-11H2,1-5H3,(H,14,15). The van der Waals surface area contributed by atoms with Crippen molar-refractivity contribution in [3.8, 4) is 0 Å². The highest BCUT2D eigenvalue weighted by Gasteiger charge is 2.50. The van der Waals surface area contributed by atoms with Gasteiger partial charge in [0.1, 0.15) is 5.67 Å². The first-order chi connectivity index (χ1) is 9.60. The summed E-state index contributed by atoms with van der Waals surface area (Å²) in [5, 5.41) is 2.84. The predicted octanol–water partition coefficient (Wildman–Crippen LogP) is 2.49. The summed E-state index contributed by atoms with van der Waals surface area (Å²) in [4.78, 5) is 11.7. The maximum Gasteiger partial charge on any atom is 0.524 e. The number of carbonyl (C=O) groups is 1. The molecule has 0 aliphatic heterocycles. The Labute approximate surface area is 123 Å². The Morgan fingerprint density at radius 2 is 1.45 bits per heavy atom. The van der Waals surface area contributed by atoms with E-state index >= 15 is 0 Å². The topological polar surface area (TPSA) is 66.0 Å². The van der Waals surface area contributed by atoms with Gasteiger partial charge in [-0.15, -0.1) is 0 Å². The number of amides is 1. The van der Waals surface area contributed by atoms with Crippen molar-refractivity contribution in [1.29, 1.82) is 0 Å². The van der Waals surface area contributed by atoms with Crippen molar-refractivity contribution in [1.82, 2.24) is 5.32 Å². The molecule has 7 heteroatoms. The van der Waals surface area contributed by atoms with Gasteiger partial charge in [-0.2, -0.15) is 0 Å². The van der Waals surface area contributed by atoms with Crippen LogP contribution in [0.25, 0.3) is 0 Å². The number of alkyl carbamates (subject to hydrolysis) is 1. The molecular weight excluding hydrogens is 278 g/mol. The number of carbonyl (C=O) groups excluding carboxylic acids is 1. The highest BCUT2D eigenvalue weighted by molar-refractivity contribution is 6.62. The van der Waals surface area contributed by atoms with Crippen LogP contribution in [0.1, 0.15) is 47.5 Å². The third-order valence-corrected chi connectivity index (χ3v) is 5.97. The van der Waals surface area contributed by atoms with E-state index in [1.807, 2.05) is 27.7 Å². The lowest BCUT2D eigenvalue weighted by Crippen LogP contribution is -2.63. The van der Waals surface area contributed by atoms with Crippen molar-refractivity contribution >= 4 is 14.9 Å². The number of hydrogen-bond donors (Lipinski definition) is 1. The number of nitrogens with one attached hydrogen (secondary N) is 1. The minimum absolute atomic E-state index is 0.286. The fraction of sp³-hybridized carbons (Fsp3) is 0.923. The summed E-state index contributed by atoms with van der Waals surface area (Å²) in [6, 6.07) is 0. The molecule has 0 radical (unpaired) electrons. The second-order valence-electron chi connectivity index (χ2n) is 4.11. The van der Waals surface area contributed by atoms with Gasteiger partial charge >= 0.3 is 14.9 Å². The van der Waals surface area contributed by atoms with Crippen molar-refractivity contribution in [3.63, 3.8) is 0 Å². The van der Waals surface area contributed by atoms with Crippen molar-refractivity contribution in [3.05, 3.63) is 0 Å². The normalized spacial score (nSPS) is 13.1. The Bertz CT molecular complexity index is 248. The van der Waals surface area contributed by atoms with Crippen LogP contribution in [-0.2, 0) is 18.0 Å². The SMILES string of the molecule is CCCC(NC(=O)OCC)[Si](OCC)(OCC)OCC. The van der Waals surface area contributed by atoms with E-state index in [9.17, 15) is 4.79 Å². The highest BCUT2D eigenvalue weighted by atomic mass is 28.4. The summed E-state index contributed by atoms with van der Waals surface area (Å²) >= 11 is 0. The minimum Gasteiger partial charge on any atom is -0.450 e. The quantitative estimate of drug-likeness (QED) is 0.594. The smallest absolute Gasteiger partial charge is 0.450 e. The van der Waals surface area contributed by atoms with Crippen LogP contribution in [0.15, 0.2) is 0 Å². The molecule has 0 fully saturated rings. The van der Waals surface area contributed by atoms with Gasteiger partial charge in [-0.25, -0.2) is 4.79 Å². The van der Waals surface area contributed by atoms with Gasteiger partial charge in [0.2, 0.25) is 0 Å². The van der Waals surface area contributed by atoms with Gasteiger partial charge in [0, 0.05) is 19.8 Å². The Morgan fingerprint density at radius 1 is 0.950 bits per heavy atom. The molecule has 6 nitrogen and oxygen atoms in total. The van der Waals surface area contributed by atoms with Crippen molar-refractivity contribution in [2.75, 3.05) is 26.4 Å². The second-order valence-corrected chi connectivity index (χ2v) is 6.88. The van der Waals surface area contributed by atoms with E-state index in [1.165, 1.54) is 0 Å². The van der Waals surface area contributed by atoms with Crippen LogP contribution in [0, 0.1) is 0 Å². The summed E-state index contributed by atoms with van der Waals surface area (Å²) in [7, 11) is -2.95. The summed E-state index contributed by atoms with van der Waals surface area (Å²) in [6.07, 6.45) is 1.16. The molecule has 0 aromatic rings. The zero-order valence-corrected chi connectivity index (χ0v) is 14.4. The molecule has 0 aromatic heterocycles. The van der Waals surface area contributed by atoms with Gasteiger partial charge < -0.3 is 23.3 Å². The predicted molar refractivity (Wildman–Crippen MR) is 79.5 cm³/mol. The Hall–Kier alpha value is -0.633. The molecule has 0 aliphatic carbocycles. The molecule has 1 unspecified atom stereocenters. The first kappa shape index (κ1) is 19.4. The van der Waals surface area contributed by atoms with Crippen LogP contribution >= 0.6 is 0 Å². The molecule has 0 heterocycles. The molecule has 1 atom stereocenters. The maximum absolute atomic E-state index is 11.7. The zero-order valence-electron chi connectivity index (χ0n) is 13.4. The fourth-order valence-corrected chi connectivity index (χ4v) is 4.97. The van der Waals surface area contributed by atoms with E-state index in [0.717, 1.165) is 12.8 Å². The molecule has 0 aromatic carbocycles. The summed E-state index contributed by atoms with van der Waals surface area (Å²) in [6.45, 7) is 11.3. The van der Waals surface area contributed by atoms with E-state index in [0.29, 0.717) is 26.4 Å². The highest BCUT2D eigenvalue weighted by Crippen LogP contribution is 2.19. The Kier molecular flexibility index (Phi) is 10.7. The third kappa shape index (κ3) is 6.21. The first-order valence-electron chi connectivity index (χ1n) is 7.45. The van der Waals surface area contributed by atoms with Gasteiger partial charge in [0.15, 0.2) is 0 Å². The molecule has 0 spiro atoms. The van der Waals surface area contributed by atoms with Crippen LogP contribution < -0.4 is 5.32 Å².